The van der Waals surface area contributed by atoms with Gasteiger partial charge in [0.15, 0.2) is 18.3 Å². The molecule has 4 atom stereocenters. The van der Waals surface area contributed by atoms with Crippen LogP contribution in [0.3, 0.4) is 0 Å². The van der Waals surface area contributed by atoms with Crippen molar-refractivity contribution in [3.8, 4) is 0 Å². The summed E-state index contributed by atoms with van der Waals surface area (Å²) in [4.78, 5) is 52.7. The molecule has 1 fully saturated rings. The molecule has 0 aromatic rings. The minimum atomic E-state index is -0.988. The molecule has 250 valence electrons. The monoisotopic (exact) mass is 611 g/mol. The van der Waals surface area contributed by atoms with E-state index in [-0.39, 0.29) is 44.2 Å². The lowest BCUT2D eigenvalue weighted by Crippen LogP contribution is -2.65. The summed E-state index contributed by atoms with van der Waals surface area (Å²) in [5.74, 6) is -0.817. The summed E-state index contributed by atoms with van der Waals surface area (Å²) >= 11 is 0. The second-order valence-corrected chi connectivity index (χ2v) is 12.3. The molecule has 1 aliphatic heterocycles. The van der Waals surface area contributed by atoms with Crippen molar-refractivity contribution in [3.63, 3.8) is 0 Å². The normalized spacial score (nSPS) is 20.5. The molecule has 9 nitrogen and oxygen atoms in total. The largest absolute Gasteiger partial charge is 0.464 e. The lowest BCUT2D eigenvalue weighted by molar-refractivity contribution is -0.210. The van der Waals surface area contributed by atoms with Crippen molar-refractivity contribution in [2.24, 2.45) is 5.92 Å². The Balaban J connectivity index is 3.16. The number of carbonyl (C=O) groups is 4. The Morgan fingerprint density at radius 3 is 1.63 bits per heavy atom. The minimum Gasteiger partial charge on any atom is -0.464 e. The zero-order valence-electron chi connectivity index (χ0n) is 28.0. The first kappa shape index (κ1) is 38.9. The number of esters is 4. The van der Waals surface area contributed by atoms with Crippen molar-refractivity contribution in [1.82, 2.24) is 4.90 Å². The first-order valence-corrected chi connectivity index (χ1v) is 17.1. The van der Waals surface area contributed by atoms with E-state index in [1.165, 1.54) is 32.1 Å². The van der Waals surface area contributed by atoms with E-state index in [2.05, 4.69) is 18.7 Å². The third-order valence-electron chi connectivity index (χ3n) is 7.73. The van der Waals surface area contributed by atoms with E-state index >= 15 is 0 Å². The van der Waals surface area contributed by atoms with Gasteiger partial charge in [-0.3, -0.25) is 24.1 Å². The zero-order chi connectivity index (χ0) is 32.0. The molecule has 1 aliphatic rings. The molecule has 9 heteroatoms. The highest BCUT2D eigenvalue weighted by Gasteiger charge is 2.50. The highest BCUT2D eigenvalue weighted by atomic mass is 16.6. The number of rotatable bonds is 23. The van der Waals surface area contributed by atoms with E-state index in [0.29, 0.717) is 38.8 Å². The Labute approximate surface area is 261 Å². The number of carbonyl (C=O) groups excluding carboxylic acids is 4. The third-order valence-corrected chi connectivity index (χ3v) is 7.73. The summed E-state index contributed by atoms with van der Waals surface area (Å²) in [7, 11) is 0. The van der Waals surface area contributed by atoms with Gasteiger partial charge < -0.3 is 18.9 Å². The average molecular weight is 612 g/mol. The van der Waals surface area contributed by atoms with Crippen LogP contribution in [-0.4, -0.2) is 72.8 Å². The molecule has 0 unspecified atom stereocenters. The van der Waals surface area contributed by atoms with E-state index in [0.717, 1.165) is 25.2 Å². The van der Waals surface area contributed by atoms with Gasteiger partial charge in [-0.05, 0) is 44.6 Å². The van der Waals surface area contributed by atoms with Crippen LogP contribution in [0.2, 0.25) is 0 Å². The van der Waals surface area contributed by atoms with Crippen molar-refractivity contribution in [3.05, 3.63) is 0 Å². The number of ether oxygens (including phenoxy) is 4. The second-order valence-electron chi connectivity index (χ2n) is 12.3. The molecule has 43 heavy (non-hydrogen) atoms. The number of hydrogen-bond donors (Lipinski definition) is 0. The van der Waals surface area contributed by atoms with Gasteiger partial charge in [0, 0.05) is 32.2 Å². The molecule has 1 heterocycles. The maximum Gasteiger partial charge on any atom is 0.306 e. The molecule has 0 bridgehead atoms. The SMILES string of the molecule is CCCC(=O)OC[C@@H]1[C@@H](OC(=O)CCC)[C@H](OC(=O)CCC)[C@@H](OC(=O)CCC)CN1CCCCCCCCCC(C)C. The molecule has 1 rings (SSSR count). The van der Waals surface area contributed by atoms with Crippen molar-refractivity contribution in [1.29, 1.82) is 0 Å². The Bertz CT molecular complexity index is 801. The number of likely N-dealkylation sites (tertiary alicyclic amines) is 1. The van der Waals surface area contributed by atoms with Crippen LogP contribution in [0, 0.1) is 5.92 Å². The summed E-state index contributed by atoms with van der Waals surface area (Å²) in [6.07, 6.45) is 9.99. The summed E-state index contributed by atoms with van der Waals surface area (Å²) in [6, 6.07) is -0.529. The van der Waals surface area contributed by atoms with Gasteiger partial charge in [-0.1, -0.05) is 86.5 Å². The first-order chi connectivity index (χ1) is 20.7. The highest BCUT2D eigenvalue weighted by Crippen LogP contribution is 2.29. The summed E-state index contributed by atoms with van der Waals surface area (Å²) < 4.78 is 23.4. The molecular formula is C34H61NO8. The molecule has 0 radical (unpaired) electrons. The number of hydrogen-bond acceptors (Lipinski definition) is 9. The van der Waals surface area contributed by atoms with E-state index < -0.39 is 36.3 Å². The fraction of sp³-hybridized carbons (Fsp3) is 0.882. The topological polar surface area (TPSA) is 108 Å². The van der Waals surface area contributed by atoms with Gasteiger partial charge in [0.2, 0.25) is 0 Å². The molecule has 0 aliphatic carbocycles. The lowest BCUT2D eigenvalue weighted by atomic mass is 9.92. The van der Waals surface area contributed by atoms with Crippen LogP contribution < -0.4 is 0 Å². The molecule has 0 aromatic heterocycles. The summed E-state index contributed by atoms with van der Waals surface area (Å²) in [5.41, 5.74) is 0. The highest BCUT2D eigenvalue weighted by molar-refractivity contribution is 5.72. The Hall–Kier alpha value is -2.16. The van der Waals surface area contributed by atoms with Crippen LogP contribution in [0.1, 0.15) is 144 Å². The van der Waals surface area contributed by atoms with Crippen LogP contribution in [0.4, 0.5) is 0 Å². The quantitative estimate of drug-likeness (QED) is 0.0690. The molecule has 0 saturated carbocycles. The summed E-state index contributed by atoms with van der Waals surface area (Å²) in [6.45, 7) is 13.0. The van der Waals surface area contributed by atoms with E-state index in [1.54, 1.807) is 0 Å². The molecule has 0 aromatic carbocycles. The fourth-order valence-corrected chi connectivity index (χ4v) is 5.43. The average Bonchev–Trinajstić information content (AvgIpc) is 2.93. The van der Waals surface area contributed by atoms with Gasteiger partial charge in [0.25, 0.3) is 0 Å². The number of unbranched alkanes of at least 4 members (excludes halogenated alkanes) is 6. The van der Waals surface area contributed by atoms with E-state index in [1.807, 2.05) is 27.7 Å². The number of piperidine rings is 1. The van der Waals surface area contributed by atoms with Gasteiger partial charge in [-0.15, -0.1) is 0 Å². The molecule has 0 amide bonds. The zero-order valence-corrected chi connectivity index (χ0v) is 28.0. The lowest BCUT2D eigenvalue weighted by Gasteiger charge is -2.47. The van der Waals surface area contributed by atoms with Gasteiger partial charge in [-0.25, -0.2) is 0 Å². The minimum absolute atomic E-state index is 0.00376. The van der Waals surface area contributed by atoms with E-state index in [9.17, 15) is 19.2 Å². The van der Waals surface area contributed by atoms with Crippen molar-refractivity contribution >= 4 is 23.9 Å². The fourth-order valence-electron chi connectivity index (χ4n) is 5.43. The Morgan fingerprint density at radius 2 is 1.09 bits per heavy atom. The van der Waals surface area contributed by atoms with Crippen molar-refractivity contribution in [2.75, 3.05) is 19.7 Å². The second kappa shape index (κ2) is 23.3. The van der Waals surface area contributed by atoms with Crippen LogP contribution in [0.25, 0.3) is 0 Å². The van der Waals surface area contributed by atoms with Gasteiger partial charge in [0.05, 0.1) is 6.04 Å². The van der Waals surface area contributed by atoms with E-state index in [4.69, 9.17) is 18.9 Å². The van der Waals surface area contributed by atoms with Crippen LogP contribution in [0.5, 0.6) is 0 Å². The Morgan fingerprint density at radius 1 is 0.628 bits per heavy atom. The first-order valence-electron chi connectivity index (χ1n) is 17.1. The standard InChI is InChI=1S/C34H61NO8/c1-7-18-29(36)40-25-27-33(42-31(38)20-9-3)34(43-32(39)21-10-4)28(41-30(37)19-8-2)24-35(27)23-17-15-13-11-12-14-16-22-26(5)6/h26-28,33-34H,7-25H2,1-6H3/t27-,28+,33-,34-/m1/s1. The van der Waals surface area contributed by atoms with Crippen LogP contribution >= 0.6 is 0 Å². The maximum atomic E-state index is 12.8. The smallest absolute Gasteiger partial charge is 0.306 e. The molecule has 0 spiro atoms. The third kappa shape index (κ3) is 16.5. The van der Waals surface area contributed by atoms with Crippen molar-refractivity contribution < 1.29 is 38.1 Å². The van der Waals surface area contributed by atoms with Gasteiger partial charge in [-0.2, -0.15) is 0 Å². The summed E-state index contributed by atoms with van der Waals surface area (Å²) in [5, 5.41) is 0. The molecule has 0 N–H and O–H groups in total. The van der Waals surface area contributed by atoms with Crippen LogP contribution in [0.15, 0.2) is 0 Å². The van der Waals surface area contributed by atoms with Crippen molar-refractivity contribution in [2.45, 2.75) is 169 Å². The van der Waals surface area contributed by atoms with Gasteiger partial charge >= 0.3 is 23.9 Å². The molecule has 1 saturated heterocycles. The maximum absolute atomic E-state index is 12.8. The van der Waals surface area contributed by atoms with Crippen LogP contribution in [-0.2, 0) is 38.1 Å². The van der Waals surface area contributed by atoms with Gasteiger partial charge in [0.1, 0.15) is 6.61 Å². The molecular weight excluding hydrogens is 550 g/mol. The number of nitrogens with zero attached hydrogens (tertiary/aromatic N) is 1. The predicted octanol–water partition coefficient (Wildman–Crippen LogP) is 6.93. The Kier molecular flexibility index (Phi) is 21.0. The predicted molar refractivity (Wildman–Crippen MR) is 167 cm³/mol.